The van der Waals surface area contributed by atoms with Crippen molar-refractivity contribution in [1.82, 2.24) is 15.1 Å². The highest BCUT2D eigenvalue weighted by Gasteiger charge is 2.26. The Morgan fingerprint density at radius 1 is 1.18 bits per heavy atom. The van der Waals surface area contributed by atoms with Gasteiger partial charge in [-0.05, 0) is 50.4 Å². The monoisotopic (exact) mass is 471 g/mol. The molecule has 1 fully saturated rings. The highest BCUT2D eigenvalue weighted by Crippen LogP contribution is 2.23. The van der Waals surface area contributed by atoms with Crippen molar-refractivity contribution in [2.24, 2.45) is 0 Å². The maximum atomic E-state index is 12.3. The number of rotatable bonds is 7. The molecule has 8 heteroatoms. The van der Waals surface area contributed by atoms with E-state index < -0.39 is 0 Å². The summed E-state index contributed by atoms with van der Waals surface area (Å²) in [6, 6.07) is 11.4. The van der Waals surface area contributed by atoms with E-state index in [1.165, 1.54) is 0 Å². The molecule has 2 aromatic rings. The van der Waals surface area contributed by atoms with E-state index in [-0.39, 0.29) is 31.0 Å². The van der Waals surface area contributed by atoms with Crippen molar-refractivity contribution in [3.8, 4) is 5.75 Å². The molecule has 6 nitrogen and oxygen atoms in total. The predicted molar refractivity (Wildman–Crippen MR) is 115 cm³/mol. The first-order valence-corrected chi connectivity index (χ1v) is 9.94. The second kappa shape index (κ2) is 10.9. The quantitative estimate of drug-likeness (QED) is 0.670. The van der Waals surface area contributed by atoms with Crippen LogP contribution in [0.3, 0.4) is 0 Å². The van der Waals surface area contributed by atoms with Crippen LogP contribution in [0, 0.1) is 6.92 Å². The Balaban J connectivity index is 0.00000280. The number of likely N-dealkylation sites (N-methyl/N-ethyl adjacent to an activating group) is 1. The summed E-state index contributed by atoms with van der Waals surface area (Å²) in [6.45, 7) is 6.36. The number of carbonyl (C=O) groups is 1. The molecule has 0 spiro atoms. The van der Waals surface area contributed by atoms with Gasteiger partial charge in [-0.1, -0.05) is 15.9 Å². The number of benzene rings is 1. The molecule has 1 aliphatic rings. The lowest BCUT2D eigenvalue weighted by Gasteiger charge is -2.37. The number of nitrogens with one attached hydrogen (secondary N) is 1. The smallest absolute Gasteiger partial charge is 0.258 e. The van der Waals surface area contributed by atoms with E-state index in [0.717, 1.165) is 42.2 Å². The standard InChI is InChI=1S/C20H26BrN3O3.ClH/c1-15-3-8-19(27-15)18(24-11-9-23(2)10-12-24)13-22-20(25)14-26-17-6-4-16(21)5-7-17;/h3-8,18H,9-14H2,1-2H3,(H,22,25);1H. The summed E-state index contributed by atoms with van der Waals surface area (Å²) in [5.74, 6) is 2.31. The minimum atomic E-state index is -0.139. The largest absolute Gasteiger partial charge is 0.484 e. The summed E-state index contributed by atoms with van der Waals surface area (Å²) in [4.78, 5) is 16.9. The van der Waals surface area contributed by atoms with Crippen molar-refractivity contribution in [2.45, 2.75) is 13.0 Å². The van der Waals surface area contributed by atoms with Gasteiger partial charge in [0.1, 0.15) is 17.3 Å². The molecule has 1 aromatic carbocycles. The average molecular weight is 473 g/mol. The van der Waals surface area contributed by atoms with Crippen molar-refractivity contribution in [1.29, 1.82) is 0 Å². The fourth-order valence-electron chi connectivity index (χ4n) is 3.12. The van der Waals surface area contributed by atoms with Crippen molar-refractivity contribution in [3.63, 3.8) is 0 Å². The van der Waals surface area contributed by atoms with Crippen LogP contribution in [0.4, 0.5) is 0 Å². The molecule has 1 amide bonds. The Hall–Kier alpha value is -1.54. The first-order chi connectivity index (χ1) is 13.0. The molecule has 0 saturated carbocycles. The number of hydrogen-bond donors (Lipinski definition) is 1. The van der Waals surface area contributed by atoms with Gasteiger partial charge in [-0.2, -0.15) is 0 Å². The lowest BCUT2D eigenvalue weighted by molar-refractivity contribution is -0.123. The molecule has 1 aliphatic heterocycles. The highest BCUT2D eigenvalue weighted by atomic mass is 79.9. The van der Waals surface area contributed by atoms with Gasteiger partial charge in [0, 0.05) is 37.2 Å². The molecule has 3 rings (SSSR count). The summed E-state index contributed by atoms with van der Waals surface area (Å²) in [5.41, 5.74) is 0. The second-order valence-corrected chi connectivity index (χ2v) is 7.77. The molecule has 154 valence electrons. The Morgan fingerprint density at radius 2 is 1.86 bits per heavy atom. The van der Waals surface area contributed by atoms with Crippen molar-refractivity contribution in [2.75, 3.05) is 46.4 Å². The lowest BCUT2D eigenvalue weighted by atomic mass is 10.1. The van der Waals surface area contributed by atoms with Crippen LogP contribution in [0.25, 0.3) is 0 Å². The van der Waals surface area contributed by atoms with Gasteiger partial charge in [-0.3, -0.25) is 9.69 Å². The number of nitrogens with zero attached hydrogens (tertiary/aromatic N) is 2. The zero-order valence-corrected chi connectivity index (χ0v) is 18.6. The third-order valence-corrected chi connectivity index (χ3v) is 5.27. The van der Waals surface area contributed by atoms with Crippen LogP contribution in [0.2, 0.25) is 0 Å². The first-order valence-electron chi connectivity index (χ1n) is 9.15. The van der Waals surface area contributed by atoms with Gasteiger partial charge < -0.3 is 19.4 Å². The summed E-state index contributed by atoms with van der Waals surface area (Å²) in [7, 11) is 2.13. The molecule has 0 aliphatic carbocycles. The number of halogens is 2. The molecule has 1 N–H and O–H groups in total. The van der Waals surface area contributed by atoms with Crippen molar-refractivity contribution >= 4 is 34.2 Å². The van der Waals surface area contributed by atoms with E-state index in [4.69, 9.17) is 9.15 Å². The fourth-order valence-corrected chi connectivity index (χ4v) is 3.38. The molecular weight excluding hydrogens is 446 g/mol. The van der Waals surface area contributed by atoms with Crippen LogP contribution in [0.1, 0.15) is 17.6 Å². The lowest BCUT2D eigenvalue weighted by Crippen LogP contribution is -2.48. The third kappa shape index (κ3) is 6.51. The first kappa shape index (κ1) is 22.7. The Bertz CT molecular complexity index is 745. The summed E-state index contributed by atoms with van der Waals surface area (Å²) in [5, 5.41) is 2.99. The number of aryl methyl sites for hydroxylation is 1. The molecule has 1 saturated heterocycles. The van der Waals surface area contributed by atoms with Crippen LogP contribution >= 0.6 is 28.3 Å². The summed E-state index contributed by atoms with van der Waals surface area (Å²) >= 11 is 3.38. The molecule has 2 heterocycles. The number of hydrogen-bond acceptors (Lipinski definition) is 5. The summed E-state index contributed by atoms with van der Waals surface area (Å²) < 4.78 is 12.4. The zero-order valence-electron chi connectivity index (χ0n) is 16.2. The topological polar surface area (TPSA) is 58.0 Å². The van der Waals surface area contributed by atoms with Gasteiger partial charge in [-0.15, -0.1) is 12.4 Å². The molecule has 1 aromatic heterocycles. The van der Waals surface area contributed by atoms with Crippen LogP contribution < -0.4 is 10.1 Å². The number of piperazine rings is 1. The Morgan fingerprint density at radius 3 is 2.46 bits per heavy atom. The van der Waals surface area contributed by atoms with Gasteiger partial charge in [0.15, 0.2) is 6.61 Å². The molecule has 28 heavy (non-hydrogen) atoms. The SMILES string of the molecule is Cc1ccc(C(CNC(=O)COc2ccc(Br)cc2)N2CCN(C)CC2)o1.Cl. The van der Waals surface area contributed by atoms with E-state index in [1.54, 1.807) is 0 Å². The fraction of sp³-hybridized carbons (Fsp3) is 0.450. The zero-order chi connectivity index (χ0) is 19.2. The van der Waals surface area contributed by atoms with E-state index >= 15 is 0 Å². The van der Waals surface area contributed by atoms with E-state index in [9.17, 15) is 4.79 Å². The predicted octanol–water partition coefficient (Wildman–Crippen LogP) is 3.26. The second-order valence-electron chi connectivity index (χ2n) is 6.85. The minimum absolute atomic E-state index is 0. The van der Waals surface area contributed by atoms with Gasteiger partial charge in [0.2, 0.25) is 0 Å². The number of furan rings is 1. The maximum absolute atomic E-state index is 12.3. The molecule has 1 atom stereocenters. The number of amides is 1. The highest BCUT2D eigenvalue weighted by molar-refractivity contribution is 9.10. The van der Waals surface area contributed by atoms with Crippen molar-refractivity contribution < 1.29 is 13.9 Å². The van der Waals surface area contributed by atoms with Crippen molar-refractivity contribution in [3.05, 3.63) is 52.4 Å². The van der Waals surface area contributed by atoms with Gasteiger partial charge in [-0.25, -0.2) is 0 Å². The van der Waals surface area contributed by atoms with Gasteiger partial charge in [0.25, 0.3) is 5.91 Å². The summed E-state index contributed by atoms with van der Waals surface area (Å²) in [6.07, 6.45) is 0. The Kier molecular flexibility index (Phi) is 8.82. The van der Waals surface area contributed by atoms with E-state index in [2.05, 4.69) is 38.1 Å². The van der Waals surface area contributed by atoms with Crippen LogP contribution in [-0.4, -0.2) is 62.1 Å². The van der Waals surface area contributed by atoms with Gasteiger partial charge >= 0.3 is 0 Å². The van der Waals surface area contributed by atoms with Crippen LogP contribution in [0.5, 0.6) is 5.75 Å². The van der Waals surface area contributed by atoms with Crippen LogP contribution in [0.15, 0.2) is 45.3 Å². The third-order valence-electron chi connectivity index (χ3n) is 4.74. The molecule has 1 unspecified atom stereocenters. The molecular formula is C20H27BrClN3O3. The maximum Gasteiger partial charge on any atom is 0.258 e. The van der Waals surface area contributed by atoms with Gasteiger partial charge in [0.05, 0.1) is 6.04 Å². The number of carbonyl (C=O) groups excluding carboxylic acids is 1. The average Bonchev–Trinajstić information content (AvgIpc) is 3.09. The minimum Gasteiger partial charge on any atom is -0.484 e. The van der Waals surface area contributed by atoms with E-state index in [0.29, 0.717) is 12.3 Å². The Labute approximate surface area is 180 Å². The molecule has 0 radical (unpaired) electrons. The molecule has 0 bridgehead atoms. The number of ether oxygens (including phenoxy) is 1. The van der Waals surface area contributed by atoms with Crippen LogP contribution in [-0.2, 0) is 4.79 Å². The normalized spacial score (nSPS) is 16.2. The van der Waals surface area contributed by atoms with E-state index in [1.807, 2.05) is 43.3 Å².